The summed E-state index contributed by atoms with van der Waals surface area (Å²) in [5, 5.41) is 0. The number of hydrogen-bond acceptors (Lipinski definition) is 6. The molecule has 1 radical (unpaired) electrons. The molecule has 0 atom stereocenters. The zero-order chi connectivity index (χ0) is 14.0. The molecular weight excluding hydrogens is 252 g/mol. The maximum atomic E-state index is 5.32. The molecule has 6 nitrogen and oxygen atoms in total. The van der Waals surface area contributed by atoms with Crippen molar-refractivity contribution in [3.8, 4) is 0 Å². The molecule has 0 rings (SSSR count). The highest BCUT2D eigenvalue weighted by Gasteiger charge is 1.92. The Labute approximate surface area is 116 Å². The third kappa shape index (κ3) is 17.8. The quantitative estimate of drug-likeness (QED) is 0.385. The minimum Gasteiger partial charge on any atom is -0.382 e. The average molecular weight is 279 g/mol. The van der Waals surface area contributed by atoms with Gasteiger partial charge in [0.1, 0.15) is 0 Å². The second-order valence-electron chi connectivity index (χ2n) is 3.55. The first-order valence-electron chi connectivity index (χ1n) is 6.58. The zero-order valence-electron chi connectivity index (χ0n) is 11.9. The summed E-state index contributed by atoms with van der Waals surface area (Å²) in [5.74, 6) is 0. The lowest BCUT2D eigenvalue weighted by Gasteiger charge is -2.07. The van der Waals surface area contributed by atoms with Crippen molar-refractivity contribution < 1.29 is 28.4 Å². The van der Waals surface area contributed by atoms with E-state index in [1.165, 1.54) is 0 Å². The Bertz CT molecular complexity index is 140. The fourth-order valence-corrected chi connectivity index (χ4v) is 1.12. The lowest BCUT2D eigenvalue weighted by atomic mass is 10.7. The van der Waals surface area contributed by atoms with Gasteiger partial charge in [-0.2, -0.15) is 0 Å². The van der Waals surface area contributed by atoms with Gasteiger partial charge in [-0.25, -0.2) is 0 Å². The Morgan fingerprint density at radius 3 is 1.16 bits per heavy atom. The van der Waals surface area contributed by atoms with E-state index in [1.807, 2.05) is 0 Å². The van der Waals surface area contributed by atoms with E-state index in [2.05, 4.69) is 6.92 Å². The van der Waals surface area contributed by atoms with E-state index >= 15 is 0 Å². The molecule has 115 valence electrons. The molecule has 0 aromatic heterocycles. The minimum atomic E-state index is 0.479. The molecule has 6 heteroatoms. The van der Waals surface area contributed by atoms with Gasteiger partial charge in [-0.1, -0.05) is 0 Å². The van der Waals surface area contributed by atoms with Crippen molar-refractivity contribution in [3.05, 3.63) is 6.92 Å². The Morgan fingerprint density at radius 1 is 0.526 bits per heavy atom. The van der Waals surface area contributed by atoms with Gasteiger partial charge in [0.2, 0.25) is 0 Å². The molecule has 0 aliphatic rings. The van der Waals surface area contributed by atoms with Gasteiger partial charge in [0.25, 0.3) is 0 Å². The van der Waals surface area contributed by atoms with Crippen LogP contribution in [0.4, 0.5) is 0 Å². The highest BCUT2D eigenvalue weighted by molar-refractivity contribution is 4.36. The average Bonchev–Trinajstić information content (AvgIpc) is 2.43. The molecule has 0 aromatic rings. The predicted molar refractivity (Wildman–Crippen MR) is 71.3 cm³/mol. The summed E-state index contributed by atoms with van der Waals surface area (Å²) >= 11 is 0. The predicted octanol–water partition coefficient (Wildman–Crippen LogP) is 0.550. The van der Waals surface area contributed by atoms with E-state index in [4.69, 9.17) is 28.4 Å². The van der Waals surface area contributed by atoms with E-state index in [0.717, 1.165) is 0 Å². The van der Waals surface area contributed by atoms with Crippen LogP contribution in [0.2, 0.25) is 0 Å². The first kappa shape index (κ1) is 18.8. The maximum Gasteiger partial charge on any atom is 0.0701 e. The maximum absolute atomic E-state index is 5.32. The molecule has 19 heavy (non-hydrogen) atoms. The second kappa shape index (κ2) is 17.8. The minimum absolute atomic E-state index is 0.479. The Kier molecular flexibility index (Phi) is 17.5. The molecule has 0 unspecified atom stereocenters. The van der Waals surface area contributed by atoms with Gasteiger partial charge in [0, 0.05) is 13.7 Å². The lowest BCUT2D eigenvalue weighted by Crippen LogP contribution is -2.13. The molecule has 0 amide bonds. The van der Waals surface area contributed by atoms with Gasteiger partial charge >= 0.3 is 0 Å². The van der Waals surface area contributed by atoms with Crippen LogP contribution in [-0.2, 0) is 28.4 Å². The summed E-state index contributed by atoms with van der Waals surface area (Å²) in [6, 6.07) is 0. The molecule has 0 aliphatic carbocycles. The van der Waals surface area contributed by atoms with Crippen LogP contribution < -0.4 is 0 Å². The van der Waals surface area contributed by atoms with Crippen molar-refractivity contribution in [1.82, 2.24) is 0 Å². The van der Waals surface area contributed by atoms with Crippen LogP contribution in [0.25, 0.3) is 0 Å². The third-order valence-corrected chi connectivity index (χ3v) is 2.06. The molecule has 0 heterocycles. The number of rotatable bonds is 16. The largest absolute Gasteiger partial charge is 0.382 e. The number of ether oxygens (including phenoxy) is 6. The highest BCUT2D eigenvalue weighted by Crippen LogP contribution is 1.83. The first-order chi connectivity index (χ1) is 9.41. The smallest absolute Gasteiger partial charge is 0.0701 e. The van der Waals surface area contributed by atoms with Gasteiger partial charge < -0.3 is 28.4 Å². The van der Waals surface area contributed by atoms with Gasteiger partial charge in [-0.15, -0.1) is 0 Å². The Balaban J connectivity index is 2.88. The monoisotopic (exact) mass is 279 g/mol. The summed E-state index contributed by atoms with van der Waals surface area (Å²) in [7, 11) is 1.65. The summed E-state index contributed by atoms with van der Waals surface area (Å²) in [6.07, 6.45) is 0. The van der Waals surface area contributed by atoms with Crippen molar-refractivity contribution in [3.63, 3.8) is 0 Å². The molecule has 0 N–H and O–H groups in total. The summed E-state index contributed by atoms with van der Waals surface area (Å²) in [5.41, 5.74) is 0. The van der Waals surface area contributed by atoms with Gasteiger partial charge in [-0.05, 0) is 6.92 Å². The van der Waals surface area contributed by atoms with E-state index in [9.17, 15) is 0 Å². The Hall–Kier alpha value is -0.240. The topological polar surface area (TPSA) is 55.4 Å². The van der Waals surface area contributed by atoms with Crippen LogP contribution in [-0.4, -0.2) is 79.8 Å². The fraction of sp³-hybridized carbons (Fsp3) is 0.923. The van der Waals surface area contributed by atoms with Crippen molar-refractivity contribution >= 4 is 0 Å². The fourth-order valence-electron chi connectivity index (χ4n) is 1.12. The lowest BCUT2D eigenvalue weighted by molar-refractivity contribution is -0.0134. The van der Waals surface area contributed by atoms with Crippen LogP contribution in [0.5, 0.6) is 0 Å². The van der Waals surface area contributed by atoms with Crippen LogP contribution >= 0.6 is 0 Å². The number of methoxy groups -OCH3 is 1. The van der Waals surface area contributed by atoms with E-state index in [1.54, 1.807) is 7.11 Å². The molecule has 0 saturated heterocycles. The molecule has 0 aromatic carbocycles. The van der Waals surface area contributed by atoms with Crippen LogP contribution in [0.3, 0.4) is 0 Å². The number of hydrogen-bond donors (Lipinski definition) is 0. The summed E-state index contributed by atoms with van der Waals surface area (Å²) < 4.78 is 31.0. The molecule has 0 spiro atoms. The summed E-state index contributed by atoms with van der Waals surface area (Å²) in [6.45, 7) is 9.84. The molecule has 0 saturated carbocycles. The van der Waals surface area contributed by atoms with E-state index in [0.29, 0.717) is 72.7 Å². The first-order valence-corrected chi connectivity index (χ1v) is 6.58. The van der Waals surface area contributed by atoms with E-state index in [-0.39, 0.29) is 0 Å². The SMILES string of the molecule is [CH2]COCCOCCOCCOCCOCCOC. The van der Waals surface area contributed by atoms with Crippen molar-refractivity contribution in [1.29, 1.82) is 0 Å². The zero-order valence-corrected chi connectivity index (χ0v) is 11.9. The molecule has 0 aliphatic heterocycles. The van der Waals surface area contributed by atoms with Gasteiger partial charge in [0.05, 0.1) is 66.1 Å². The van der Waals surface area contributed by atoms with Crippen molar-refractivity contribution in [2.45, 2.75) is 0 Å². The van der Waals surface area contributed by atoms with Crippen LogP contribution in [0.1, 0.15) is 0 Å². The van der Waals surface area contributed by atoms with Crippen molar-refractivity contribution in [2.24, 2.45) is 0 Å². The second-order valence-corrected chi connectivity index (χ2v) is 3.55. The van der Waals surface area contributed by atoms with Crippen LogP contribution in [0, 0.1) is 6.92 Å². The molecule has 0 fully saturated rings. The van der Waals surface area contributed by atoms with Crippen LogP contribution in [0.15, 0.2) is 0 Å². The van der Waals surface area contributed by atoms with Gasteiger partial charge in [0.15, 0.2) is 0 Å². The van der Waals surface area contributed by atoms with Crippen molar-refractivity contribution in [2.75, 3.05) is 79.8 Å². The standard InChI is InChI=1S/C13H27O6/c1-3-15-6-7-17-10-11-19-13-12-18-9-8-16-5-4-14-2/h1,3-13H2,2H3. The molecule has 0 bridgehead atoms. The Morgan fingerprint density at radius 2 is 0.842 bits per heavy atom. The normalized spacial score (nSPS) is 11.1. The third-order valence-electron chi connectivity index (χ3n) is 2.06. The summed E-state index contributed by atoms with van der Waals surface area (Å²) in [4.78, 5) is 0. The van der Waals surface area contributed by atoms with E-state index < -0.39 is 0 Å². The molecular formula is C13H27O6. The van der Waals surface area contributed by atoms with Gasteiger partial charge in [-0.3, -0.25) is 0 Å². The highest BCUT2D eigenvalue weighted by atomic mass is 16.6.